The summed E-state index contributed by atoms with van der Waals surface area (Å²) in [5.74, 6) is 0.996. The van der Waals surface area contributed by atoms with Crippen molar-refractivity contribution in [1.29, 1.82) is 0 Å². The summed E-state index contributed by atoms with van der Waals surface area (Å²) in [6.45, 7) is 7.21. The Balaban J connectivity index is 1.93. The summed E-state index contributed by atoms with van der Waals surface area (Å²) in [7, 11) is 0.580. The predicted octanol–water partition coefficient (Wildman–Crippen LogP) is 4.67. The summed E-state index contributed by atoms with van der Waals surface area (Å²) < 4.78 is 12.0. The van der Waals surface area contributed by atoms with Crippen LogP contribution in [0.2, 0.25) is 19.6 Å². The zero-order chi connectivity index (χ0) is 15.0. The van der Waals surface area contributed by atoms with Gasteiger partial charge in [0.15, 0.2) is 0 Å². The van der Waals surface area contributed by atoms with Gasteiger partial charge in [0.05, 0.1) is 27.4 Å². The highest BCUT2D eigenvalue weighted by atomic mass is 28.3. The second-order valence-electron chi connectivity index (χ2n) is 7.31. The molecule has 0 aliphatic carbocycles. The maximum Gasteiger partial charge on any atom is 0.124 e. The maximum atomic E-state index is 6.45. The van der Waals surface area contributed by atoms with E-state index in [1.165, 1.54) is 17.5 Å². The van der Waals surface area contributed by atoms with Crippen LogP contribution in [0.3, 0.4) is 0 Å². The Morgan fingerprint density at radius 1 is 1.14 bits per heavy atom. The minimum absolute atomic E-state index is 0.211. The van der Waals surface area contributed by atoms with Crippen molar-refractivity contribution >= 4 is 8.07 Å². The van der Waals surface area contributed by atoms with E-state index in [-0.39, 0.29) is 6.10 Å². The van der Waals surface area contributed by atoms with Crippen molar-refractivity contribution in [3.8, 4) is 5.75 Å². The van der Waals surface area contributed by atoms with Crippen LogP contribution in [0.5, 0.6) is 5.75 Å². The fourth-order valence-electron chi connectivity index (χ4n) is 3.64. The molecular weight excluding hydrogens is 276 g/mol. The number of hydrogen-bond acceptors (Lipinski definition) is 2. The van der Waals surface area contributed by atoms with E-state index in [0.717, 1.165) is 25.0 Å². The molecule has 3 heteroatoms. The first-order valence-corrected chi connectivity index (χ1v) is 11.6. The number of ether oxygens (including phenoxy) is 2. The molecule has 0 unspecified atom stereocenters. The number of hydrogen-bond donors (Lipinski definition) is 0. The first-order valence-electron chi connectivity index (χ1n) is 8.01. The van der Waals surface area contributed by atoms with E-state index in [4.69, 9.17) is 9.47 Å². The maximum absolute atomic E-state index is 6.45. The monoisotopic (exact) mass is 302 g/mol. The SMILES string of the molecule is COc1cccc2c1[C@H]1CC/C(=C/[Si](C)(C)C)[C@@H](CC2)O1. The number of aryl methyl sites for hydroxylation is 1. The number of benzene rings is 1. The van der Waals surface area contributed by atoms with Gasteiger partial charge in [-0.3, -0.25) is 0 Å². The van der Waals surface area contributed by atoms with Gasteiger partial charge < -0.3 is 9.47 Å². The van der Waals surface area contributed by atoms with Crippen molar-refractivity contribution in [2.75, 3.05) is 7.11 Å². The normalized spacial score (nSPS) is 27.1. The summed E-state index contributed by atoms with van der Waals surface area (Å²) in [6.07, 6.45) is 4.98. The third kappa shape index (κ3) is 3.09. The fourth-order valence-corrected chi connectivity index (χ4v) is 5.08. The van der Waals surface area contributed by atoms with Gasteiger partial charge in [0.25, 0.3) is 0 Å². The van der Waals surface area contributed by atoms with Crippen LogP contribution in [0.4, 0.5) is 0 Å². The van der Waals surface area contributed by atoms with Gasteiger partial charge in [-0.25, -0.2) is 0 Å². The predicted molar refractivity (Wildman–Crippen MR) is 89.6 cm³/mol. The van der Waals surface area contributed by atoms with Gasteiger partial charge in [-0.15, -0.1) is 0 Å². The fraction of sp³-hybridized carbons (Fsp3) is 0.556. The van der Waals surface area contributed by atoms with Crippen molar-refractivity contribution in [3.63, 3.8) is 0 Å². The van der Waals surface area contributed by atoms with Gasteiger partial charge >= 0.3 is 0 Å². The molecule has 1 aromatic rings. The van der Waals surface area contributed by atoms with Crippen molar-refractivity contribution in [3.05, 3.63) is 40.6 Å². The third-order valence-corrected chi connectivity index (χ3v) is 5.67. The van der Waals surface area contributed by atoms with Crippen molar-refractivity contribution in [1.82, 2.24) is 0 Å². The van der Waals surface area contributed by atoms with E-state index in [1.807, 2.05) is 0 Å². The van der Waals surface area contributed by atoms with Gasteiger partial charge in [0, 0.05) is 5.56 Å². The molecule has 114 valence electrons. The largest absolute Gasteiger partial charge is 0.496 e. The second-order valence-corrected chi connectivity index (χ2v) is 12.3. The Bertz CT molecular complexity index is 557. The van der Waals surface area contributed by atoms with E-state index in [9.17, 15) is 0 Å². The molecule has 2 atom stereocenters. The zero-order valence-corrected chi connectivity index (χ0v) is 14.6. The van der Waals surface area contributed by atoms with E-state index < -0.39 is 8.07 Å². The molecule has 21 heavy (non-hydrogen) atoms. The number of rotatable bonds is 2. The molecule has 0 radical (unpaired) electrons. The topological polar surface area (TPSA) is 18.5 Å². The first kappa shape index (κ1) is 14.9. The minimum Gasteiger partial charge on any atom is -0.496 e. The van der Waals surface area contributed by atoms with Crippen LogP contribution >= 0.6 is 0 Å². The van der Waals surface area contributed by atoms with Crippen LogP contribution in [0.25, 0.3) is 0 Å². The van der Waals surface area contributed by atoms with Crippen LogP contribution in [0.1, 0.15) is 36.5 Å². The van der Waals surface area contributed by atoms with Crippen molar-refractivity contribution < 1.29 is 9.47 Å². The van der Waals surface area contributed by atoms with Gasteiger partial charge in [-0.05, 0) is 42.9 Å². The molecule has 2 aliphatic rings. The lowest BCUT2D eigenvalue weighted by atomic mass is 9.95. The lowest BCUT2D eigenvalue weighted by Crippen LogP contribution is -2.27. The second kappa shape index (κ2) is 5.62. The lowest BCUT2D eigenvalue weighted by molar-refractivity contribution is -0.0197. The van der Waals surface area contributed by atoms with Gasteiger partial charge in [-0.2, -0.15) is 0 Å². The first-order chi connectivity index (χ1) is 9.98. The highest BCUT2D eigenvalue weighted by molar-refractivity contribution is 6.81. The van der Waals surface area contributed by atoms with Crippen LogP contribution in [0.15, 0.2) is 29.5 Å². The summed E-state index contributed by atoms with van der Waals surface area (Å²) in [5.41, 5.74) is 6.82. The van der Waals surface area contributed by atoms with Crippen molar-refractivity contribution in [2.24, 2.45) is 0 Å². The summed E-state index contributed by atoms with van der Waals surface area (Å²) in [5, 5.41) is 0. The molecular formula is C18H26O2Si. The molecule has 1 saturated heterocycles. The van der Waals surface area contributed by atoms with Crippen LogP contribution in [0, 0.1) is 0 Å². The molecule has 1 fully saturated rings. The standard InChI is InChI=1S/C18H26O2Si/c1-19-16-7-5-6-13-8-10-15-14(12-21(2,3)4)9-11-17(20-15)18(13)16/h5-7,12,15,17H,8-11H2,1-4H3/b14-12-/t15-,17-/m1/s1. The van der Waals surface area contributed by atoms with E-state index in [1.54, 1.807) is 12.7 Å². The summed E-state index contributed by atoms with van der Waals surface area (Å²) in [6, 6.07) is 6.41. The lowest BCUT2D eigenvalue weighted by Gasteiger charge is -2.32. The summed E-state index contributed by atoms with van der Waals surface area (Å²) in [4.78, 5) is 0. The van der Waals surface area contributed by atoms with E-state index in [2.05, 4.69) is 43.5 Å². The Labute approximate surface area is 129 Å². The van der Waals surface area contributed by atoms with Crippen molar-refractivity contribution in [2.45, 2.75) is 57.5 Å². The number of fused-ring (bicyclic) bond motifs is 4. The summed E-state index contributed by atoms with van der Waals surface area (Å²) >= 11 is 0. The molecule has 2 nitrogen and oxygen atoms in total. The highest BCUT2D eigenvalue weighted by Crippen LogP contribution is 2.44. The van der Waals surface area contributed by atoms with Gasteiger partial charge in [0.2, 0.25) is 0 Å². The molecule has 0 aromatic heterocycles. The zero-order valence-electron chi connectivity index (χ0n) is 13.6. The smallest absolute Gasteiger partial charge is 0.124 e. The number of methoxy groups -OCH3 is 1. The molecule has 0 N–H and O–H groups in total. The third-order valence-electron chi connectivity index (χ3n) is 4.43. The van der Waals surface area contributed by atoms with E-state index >= 15 is 0 Å². The average Bonchev–Trinajstić information content (AvgIpc) is 2.58. The van der Waals surface area contributed by atoms with Crippen LogP contribution < -0.4 is 4.74 Å². The molecule has 0 spiro atoms. The van der Waals surface area contributed by atoms with Gasteiger partial charge in [-0.1, -0.05) is 37.5 Å². The Morgan fingerprint density at radius 2 is 1.90 bits per heavy atom. The molecule has 2 bridgehead atoms. The Hall–Kier alpha value is -1.06. The molecule has 0 amide bonds. The molecule has 0 saturated carbocycles. The van der Waals surface area contributed by atoms with E-state index in [0.29, 0.717) is 6.10 Å². The quantitative estimate of drug-likeness (QED) is 0.739. The average molecular weight is 302 g/mol. The van der Waals surface area contributed by atoms with Crippen LogP contribution in [-0.4, -0.2) is 21.3 Å². The highest BCUT2D eigenvalue weighted by Gasteiger charge is 2.34. The Morgan fingerprint density at radius 3 is 2.62 bits per heavy atom. The molecule has 2 aliphatic heterocycles. The molecule has 1 aromatic carbocycles. The van der Waals surface area contributed by atoms with Gasteiger partial charge in [0.1, 0.15) is 5.75 Å². The molecule has 2 heterocycles. The molecule has 3 rings (SSSR count). The Kier molecular flexibility index (Phi) is 3.97. The van der Waals surface area contributed by atoms with Crippen LogP contribution in [-0.2, 0) is 11.2 Å². The minimum atomic E-state index is -1.18.